The zero-order valence-electron chi connectivity index (χ0n) is 25.7. The number of likely N-dealkylation sites (tertiary alicyclic amines) is 1. The summed E-state index contributed by atoms with van der Waals surface area (Å²) in [5, 5.41) is 21.0. The second kappa shape index (κ2) is 16.0. The number of aliphatic hydroxyl groups is 1. The van der Waals surface area contributed by atoms with Crippen molar-refractivity contribution < 1.29 is 28.2 Å². The summed E-state index contributed by atoms with van der Waals surface area (Å²) in [5.41, 5.74) is 0.641. The third kappa shape index (κ3) is 8.39. The van der Waals surface area contributed by atoms with Crippen LogP contribution in [0.1, 0.15) is 74.8 Å². The van der Waals surface area contributed by atoms with Crippen molar-refractivity contribution in [2.75, 3.05) is 38.2 Å². The lowest BCUT2D eigenvalue weighted by atomic mass is 9.96. The number of ether oxygens (including phenoxy) is 1. The summed E-state index contributed by atoms with van der Waals surface area (Å²) in [5.74, 6) is -2.14. The highest BCUT2D eigenvalue weighted by Crippen LogP contribution is 2.34. The van der Waals surface area contributed by atoms with E-state index < -0.39 is 23.8 Å². The Morgan fingerprint density at radius 3 is 2.54 bits per heavy atom. The van der Waals surface area contributed by atoms with Crippen LogP contribution in [0.4, 0.5) is 19.3 Å². The Hall–Kier alpha value is -4.08. The van der Waals surface area contributed by atoms with Crippen LogP contribution in [0.5, 0.6) is 0 Å². The number of halogens is 2. The highest BCUT2D eigenvalue weighted by molar-refractivity contribution is 7.13. The molecule has 2 fully saturated rings. The Labute approximate surface area is 269 Å². The number of nitrogens with one attached hydrogen (secondary N) is 1. The Morgan fingerprint density at radius 2 is 1.78 bits per heavy atom. The van der Waals surface area contributed by atoms with Gasteiger partial charge >= 0.3 is 6.09 Å². The van der Waals surface area contributed by atoms with E-state index in [4.69, 9.17) is 9.84 Å². The standard InChI is InChI=1S/C29H32F2N8O3S.C2H6O/c30-21-9-10-24(31)35-25(21)26-22(17-38(36-26)20-7-3-1-4-8-20)33-27(40)23-18-43-28(34-23)19-15-32-39(16-19)29(41)42-14-13-37-11-5-2-6-12-37;1-2-3/h9-10,15-18,20H,1-8,11-14H2,(H,33,40);3H,2H2,1H3. The minimum Gasteiger partial charge on any atom is -0.447 e. The van der Waals surface area contributed by atoms with Gasteiger partial charge in [0.05, 0.1) is 17.9 Å². The normalized spacial score (nSPS) is 15.7. The van der Waals surface area contributed by atoms with Gasteiger partial charge < -0.3 is 15.2 Å². The molecule has 5 heterocycles. The molecule has 1 amide bonds. The maximum atomic E-state index is 14.7. The number of hydrogen-bond donors (Lipinski definition) is 2. The van der Waals surface area contributed by atoms with Gasteiger partial charge in [0.25, 0.3) is 5.91 Å². The van der Waals surface area contributed by atoms with E-state index in [1.165, 1.54) is 30.2 Å². The quantitative estimate of drug-likeness (QED) is 0.226. The summed E-state index contributed by atoms with van der Waals surface area (Å²) in [7, 11) is 0. The molecule has 6 rings (SSSR count). The van der Waals surface area contributed by atoms with Crippen molar-refractivity contribution >= 4 is 29.0 Å². The van der Waals surface area contributed by atoms with Crippen LogP contribution < -0.4 is 5.32 Å². The van der Waals surface area contributed by atoms with Crippen molar-refractivity contribution in [3.8, 4) is 22.0 Å². The number of aromatic nitrogens is 6. The molecule has 0 spiro atoms. The SMILES string of the molecule is CCO.O=C(Nc1cn(C2CCCCC2)nc1-c1nc(F)ccc1F)c1csc(-c2cnn(C(=O)OCCN3CCCCC3)c2)n1. The smallest absolute Gasteiger partial charge is 0.434 e. The molecule has 0 unspecified atom stereocenters. The molecular weight excluding hydrogens is 618 g/mol. The summed E-state index contributed by atoms with van der Waals surface area (Å²) < 4.78 is 36.9. The molecule has 46 heavy (non-hydrogen) atoms. The third-order valence-electron chi connectivity index (χ3n) is 7.80. The number of piperidine rings is 1. The molecule has 0 atom stereocenters. The molecule has 15 heteroatoms. The van der Waals surface area contributed by atoms with Gasteiger partial charge in [-0.05, 0) is 57.8 Å². The van der Waals surface area contributed by atoms with Crippen LogP contribution >= 0.6 is 11.3 Å². The topological polar surface area (TPSA) is 140 Å². The Balaban J connectivity index is 0.00000134. The maximum absolute atomic E-state index is 14.7. The van der Waals surface area contributed by atoms with Gasteiger partial charge in [0.15, 0.2) is 5.82 Å². The van der Waals surface area contributed by atoms with Crippen LogP contribution in [0.2, 0.25) is 0 Å². The predicted molar refractivity (Wildman–Crippen MR) is 169 cm³/mol. The average molecular weight is 657 g/mol. The van der Waals surface area contributed by atoms with Crippen molar-refractivity contribution in [1.29, 1.82) is 0 Å². The summed E-state index contributed by atoms with van der Waals surface area (Å²) in [6.45, 7) is 4.94. The van der Waals surface area contributed by atoms with Crippen LogP contribution in [-0.4, -0.2) is 84.4 Å². The molecule has 1 saturated carbocycles. The van der Waals surface area contributed by atoms with Gasteiger partial charge in [-0.25, -0.2) is 19.2 Å². The van der Waals surface area contributed by atoms with E-state index in [1.807, 2.05) is 0 Å². The van der Waals surface area contributed by atoms with Gasteiger partial charge in [0.1, 0.15) is 28.7 Å². The maximum Gasteiger partial charge on any atom is 0.434 e. The van der Waals surface area contributed by atoms with Crippen molar-refractivity contribution in [2.24, 2.45) is 0 Å². The summed E-state index contributed by atoms with van der Waals surface area (Å²) >= 11 is 1.21. The van der Waals surface area contributed by atoms with E-state index in [0.717, 1.165) is 74.8 Å². The number of carbonyl (C=O) groups excluding carboxylic acids is 2. The zero-order chi connectivity index (χ0) is 32.5. The molecule has 0 bridgehead atoms. The lowest BCUT2D eigenvalue weighted by molar-refractivity contribution is 0.102. The predicted octanol–water partition coefficient (Wildman–Crippen LogP) is 5.77. The largest absolute Gasteiger partial charge is 0.447 e. The van der Waals surface area contributed by atoms with E-state index in [9.17, 15) is 18.4 Å². The van der Waals surface area contributed by atoms with Gasteiger partial charge in [-0.2, -0.15) is 19.3 Å². The molecule has 0 radical (unpaired) electrons. The van der Waals surface area contributed by atoms with Gasteiger partial charge in [0.2, 0.25) is 5.95 Å². The lowest BCUT2D eigenvalue weighted by Gasteiger charge is -2.25. The number of carbonyl (C=O) groups is 2. The number of thiazole rings is 1. The van der Waals surface area contributed by atoms with Crippen molar-refractivity contribution in [3.63, 3.8) is 0 Å². The van der Waals surface area contributed by atoms with Crippen molar-refractivity contribution in [3.05, 3.63) is 53.6 Å². The second-order valence-electron chi connectivity index (χ2n) is 11.1. The lowest BCUT2D eigenvalue weighted by Crippen LogP contribution is -2.33. The summed E-state index contributed by atoms with van der Waals surface area (Å²) in [4.78, 5) is 36.1. The van der Waals surface area contributed by atoms with Crippen LogP contribution in [0.25, 0.3) is 22.0 Å². The first-order valence-electron chi connectivity index (χ1n) is 15.6. The van der Waals surface area contributed by atoms with E-state index in [-0.39, 0.29) is 42.0 Å². The monoisotopic (exact) mass is 656 g/mol. The first kappa shape index (κ1) is 33.3. The second-order valence-corrected chi connectivity index (χ2v) is 12.0. The highest BCUT2D eigenvalue weighted by atomic mass is 32.1. The van der Waals surface area contributed by atoms with Crippen LogP contribution in [-0.2, 0) is 4.74 Å². The fourth-order valence-electron chi connectivity index (χ4n) is 5.52. The molecule has 2 N–H and O–H groups in total. The van der Waals surface area contributed by atoms with E-state index in [1.54, 1.807) is 23.2 Å². The minimum absolute atomic E-state index is 0.0476. The molecule has 4 aromatic heterocycles. The first-order chi connectivity index (χ1) is 22.4. The molecule has 0 aromatic carbocycles. The number of anilines is 1. The van der Waals surface area contributed by atoms with Crippen molar-refractivity contribution in [1.82, 2.24) is 34.4 Å². The molecule has 1 saturated heterocycles. The minimum atomic E-state index is -0.850. The molecule has 12 nitrogen and oxygen atoms in total. The van der Waals surface area contributed by atoms with Gasteiger partial charge in [-0.15, -0.1) is 11.3 Å². The molecule has 1 aliphatic carbocycles. The van der Waals surface area contributed by atoms with E-state index >= 15 is 0 Å². The summed E-state index contributed by atoms with van der Waals surface area (Å²) in [6, 6.07) is 2.01. The van der Waals surface area contributed by atoms with Gasteiger partial charge in [-0.1, -0.05) is 25.7 Å². The van der Waals surface area contributed by atoms with E-state index in [0.29, 0.717) is 17.1 Å². The Morgan fingerprint density at radius 1 is 1.04 bits per heavy atom. The van der Waals surface area contributed by atoms with E-state index in [2.05, 4.69) is 30.4 Å². The third-order valence-corrected chi connectivity index (χ3v) is 8.69. The number of hydrogen-bond acceptors (Lipinski definition) is 10. The molecule has 2 aliphatic rings. The fraction of sp³-hybridized carbons (Fsp3) is 0.484. The summed E-state index contributed by atoms with van der Waals surface area (Å²) in [6.07, 6.45) is 12.7. The van der Waals surface area contributed by atoms with Crippen LogP contribution in [0.3, 0.4) is 0 Å². The van der Waals surface area contributed by atoms with Crippen LogP contribution in [0.15, 0.2) is 36.1 Å². The first-order valence-corrected chi connectivity index (χ1v) is 16.5. The number of aliphatic hydroxyl groups excluding tert-OH is 1. The molecule has 4 aromatic rings. The molecule has 246 valence electrons. The Kier molecular flexibility index (Phi) is 11.5. The number of amides is 1. The molecular formula is C31H38F2N8O4S. The number of rotatable bonds is 8. The average Bonchev–Trinajstić information content (AvgIpc) is 3.84. The van der Waals surface area contributed by atoms with Crippen LogP contribution in [0, 0.1) is 11.8 Å². The van der Waals surface area contributed by atoms with Gasteiger partial charge in [-0.3, -0.25) is 14.4 Å². The number of nitrogens with zero attached hydrogens (tertiary/aromatic N) is 7. The fourth-order valence-corrected chi connectivity index (χ4v) is 6.29. The zero-order valence-corrected chi connectivity index (χ0v) is 26.5. The Bertz CT molecular complexity index is 1610. The van der Waals surface area contributed by atoms with Gasteiger partial charge in [0, 0.05) is 36.5 Å². The highest BCUT2D eigenvalue weighted by Gasteiger charge is 2.24. The molecule has 1 aliphatic heterocycles. The number of pyridine rings is 1. The van der Waals surface area contributed by atoms with Crippen molar-refractivity contribution in [2.45, 2.75) is 64.3 Å².